The molecular weight excluding hydrogens is 288 g/mol. The van der Waals surface area contributed by atoms with Gasteiger partial charge in [-0.3, -0.25) is 4.79 Å². The SMILES string of the molecule is O=C(C[C@H]1CCS(=O)(=O)C1)N/N=C\C=C\c1ccccc1. The Morgan fingerprint density at radius 3 is 2.76 bits per heavy atom. The first-order valence-electron chi connectivity index (χ1n) is 6.79. The van der Waals surface area contributed by atoms with E-state index in [-0.39, 0.29) is 29.8 Å². The fraction of sp³-hybridized carbons (Fsp3) is 0.333. The monoisotopic (exact) mass is 306 g/mol. The highest BCUT2D eigenvalue weighted by molar-refractivity contribution is 7.91. The Morgan fingerprint density at radius 1 is 1.33 bits per heavy atom. The normalized spacial score (nSPS) is 21.0. The molecule has 5 nitrogen and oxygen atoms in total. The van der Waals surface area contributed by atoms with E-state index < -0.39 is 9.84 Å². The molecule has 1 amide bonds. The fourth-order valence-corrected chi connectivity index (χ4v) is 4.07. The first-order valence-corrected chi connectivity index (χ1v) is 8.61. The number of carbonyl (C=O) groups excluding carboxylic acids is 1. The van der Waals surface area contributed by atoms with Crippen molar-refractivity contribution >= 4 is 28.0 Å². The van der Waals surface area contributed by atoms with Crippen molar-refractivity contribution in [3.05, 3.63) is 42.0 Å². The van der Waals surface area contributed by atoms with Crippen molar-refractivity contribution in [1.82, 2.24) is 5.43 Å². The first-order chi connectivity index (χ1) is 10.1. The lowest BCUT2D eigenvalue weighted by Gasteiger charge is -2.04. The molecule has 2 rings (SSSR count). The number of benzene rings is 1. The van der Waals surface area contributed by atoms with Crippen LogP contribution in [0.2, 0.25) is 0 Å². The van der Waals surface area contributed by atoms with E-state index in [0.29, 0.717) is 6.42 Å². The summed E-state index contributed by atoms with van der Waals surface area (Å²) < 4.78 is 22.6. The average Bonchev–Trinajstić information content (AvgIpc) is 2.78. The van der Waals surface area contributed by atoms with Gasteiger partial charge in [0.1, 0.15) is 0 Å². The Bertz CT molecular complexity index is 636. The van der Waals surface area contributed by atoms with Crippen LogP contribution in [0.5, 0.6) is 0 Å². The number of hydrazone groups is 1. The predicted octanol–water partition coefficient (Wildman–Crippen LogP) is 1.63. The van der Waals surface area contributed by atoms with Crippen LogP contribution < -0.4 is 5.43 Å². The highest BCUT2D eigenvalue weighted by atomic mass is 32.2. The van der Waals surface area contributed by atoms with Gasteiger partial charge in [-0.2, -0.15) is 5.10 Å². The number of hydrogen-bond donors (Lipinski definition) is 1. The average molecular weight is 306 g/mol. The van der Waals surface area contributed by atoms with Crippen LogP contribution in [0.3, 0.4) is 0 Å². The summed E-state index contributed by atoms with van der Waals surface area (Å²) in [6.45, 7) is 0. The molecule has 0 aromatic heterocycles. The molecule has 0 radical (unpaired) electrons. The van der Waals surface area contributed by atoms with Gasteiger partial charge in [0.15, 0.2) is 9.84 Å². The minimum absolute atomic E-state index is 0.0786. The second-order valence-corrected chi connectivity index (χ2v) is 7.28. The highest BCUT2D eigenvalue weighted by Gasteiger charge is 2.29. The zero-order valence-corrected chi connectivity index (χ0v) is 12.4. The maximum absolute atomic E-state index is 11.6. The van der Waals surface area contributed by atoms with Gasteiger partial charge >= 0.3 is 0 Å². The Labute approximate surface area is 124 Å². The molecule has 6 heteroatoms. The second-order valence-electron chi connectivity index (χ2n) is 5.06. The lowest BCUT2D eigenvalue weighted by molar-refractivity contribution is -0.121. The van der Waals surface area contributed by atoms with E-state index in [9.17, 15) is 13.2 Å². The van der Waals surface area contributed by atoms with E-state index in [0.717, 1.165) is 5.56 Å². The maximum atomic E-state index is 11.6. The summed E-state index contributed by atoms with van der Waals surface area (Å²) in [5.41, 5.74) is 3.46. The van der Waals surface area contributed by atoms with E-state index in [2.05, 4.69) is 10.5 Å². The van der Waals surface area contributed by atoms with Crippen LogP contribution in [0.4, 0.5) is 0 Å². The number of nitrogens with one attached hydrogen (secondary N) is 1. The Kier molecular flexibility index (Phi) is 5.27. The molecule has 1 atom stereocenters. The van der Waals surface area contributed by atoms with Gasteiger partial charge in [0.2, 0.25) is 5.91 Å². The molecule has 0 unspecified atom stereocenters. The van der Waals surface area contributed by atoms with Crippen molar-refractivity contribution in [2.75, 3.05) is 11.5 Å². The van der Waals surface area contributed by atoms with Crippen molar-refractivity contribution in [3.8, 4) is 0 Å². The van der Waals surface area contributed by atoms with Crippen LogP contribution in [0, 0.1) is 5.92 Å². The maximum Gasteiger partial charge on any atom is 0.240 e. The summed E-state index contributed by atoms with van der Waals surface area (Å²) in [5, 5.41) is 3.80. The molecule has 0 aliphatic carbocycles. The van der Waals surface area contributed by atoms with Gasteiger partial charge in [0, 0.05) is 12.6 Å². The first kappa shape index (κ1) is 15.4. The zero-order valence-electron chi connectivity index (χ0n) is 11.6. The Balaban J connectivity index is 1.72. The van der Waals surface area contributed by atoms with Crippen molar-refractivity contribution in [2.45, 2.75) is 12.8 Å². The molecule has 1 heterocycles. The summed E-state index contributed by atoms with van der Waals surface area (Å²) in [6.07, 6.45) is 5.87. The van der Waals surface area contributed by atoms with Gasteiger partial charge in [-0.25, -0.2) is 13.8 Å². The molecule has 1 fully saturated rings. The van der Waals surface area contributed by atoms with Crippen molar-refractivity contribution < 1.29 is 13.2 Å². The lowest BCUT2D eigenvalue weighted by Crippen LogP contribution is -2.21. The third-order valence-corrected chi connectivity index (χ3v) is 5.08. The molecule has 112 valence electrons. The molecule has 1 aliphatic rings. The lowest BCUT2D eigenvalue weighted by atomic mass is 10.1. The minimum Gasteiger partial charge on any atom is -0.273 e. The standard InChI is InChI=1S/C15H18N2O3S/c18-15(11-14-8-10-21(19,20)12-14)17-16-9-4-7-13-5-2-1-3-6-13/h1-7,9,14H,8,10-12H2,(H,17,18)/b7-4+,16-9-/t14-/m1/s1. The molecular formula is C15H18N2O3S. The van der Waals surface area contributed by atoms with Crippen LogP contribution in [-0.4, -0.2) is 32.0 Å². The molecule has 1 aromatic carbocycles. The van der Waals surface area contributed by atoms with Crippen molar-refractivity contribution in [3.63, 3.8) is 0 Å². The van der Waals surface area contributed by atoms with Crippen LogP contribution in [0.15, 0.2) is 41.5 Å². The van der Waals surface area contributed by atoms with Crippen molar-refractivity contribution in [1.29, 1.82) is 0 Å². The summed E-state index contributed by atoms with van der Waals surface area (Å²) >= 11 is 0. The van der Waals surface area contributed by atoms with E-state index in [4.69, 9.17) is 0 Å². The number of sulfone groups is 1. The second kappa shape index (κ2) is 7.17. The molecule has 0 spiro atoms. The van der Waals surface area contributed by atoms with Gasteiger partial charge in [-0.15, -0.1) is 0 Å². The molecule has 0 bridgehead atoms. The fourth-order valence-electron chi connectivity index (χ4n) is 2.21. The summed E-state index contributed by atoms with van der Waals surface area (Å²) in [7, 11) is -2.93. The predicted molar refractivity (Wildman–Crippen MR) is 83.5 cm³/mol. The third kappa shape index (κ3) is 5.51. The number of rotatable bonds is 5. The number of hydrogen-bond acceptors (Lipinski definition) is 4. The van der Waals surface area contributed by atoms with Gasteiger partial charge in [0.25, 0.3) is 0 Å². The van der Waals surface area contributed by atoms with Crippen molar-refractivity contribution in [2.24, 2.45) is 11.0 Å². The number of nitrogens with zero attached hydrogens (tertiary/aromatic N) is 1. The minimum atomic E-state index is -2.93. The molecule has 1 aromatic rings. The van der Waals surface area contributed by atoms with Gasteiger partial charge in [0.05, 0.1) is 11.5 Å². The Hall–Kier alpha value is -1.95. The number of carbonyl (C=O) groups is 1. The largest absolute Gasteiger partial charge is 0.273 e. The molecule has 1 saturated heterocycles. The van der Waals surface area contributed by atoms with E-state index in [1.54, 1.807) is 6.08 Å². The summed E-state index contributed by atoms with van der Waals surface area (Å²) in [5.74, 6) is -0.0296. The number of allylic oxidation sites excluding steroid dienone is 1. The van der Waals surface area contributed by atoms with Crippen LogP contribution in [0.25, 0.3) is 6.08 Å². The molecule has 1 N–H and O–H groups in total. The van der Waals surface area contributed by atoms with Gasteiger partial charge in [-0.05, 0) is 24.0 Å². The quantitative estimate of drug-likeness (QED) is 0.663. The molecule has 0 saturated carbocycles. The molecule has 1 aliphatic heterocycles. The smallest absolute Gasteiger partial charge is 0.240 e. The summed E-state index contributed by atoms with van der Waals surface area (Å²) in [4.78, 5) is 11.6. The topological polar surface area (TPSA) is 75.6 Å². The van der Waals surface area contributed by atoms with E-state index >= 15 is 0 Å². The number of amides is 1. The summed E-state index contributed by atoms with van der Waals surface area (Å²) in [6, 6.07) is 9.74. The van der Waals surface area contributed by atoms with Crippen LogP contribution in [0.1, 0.15) is 18.4 Å². The van der Waals surface area contributed by atoms with Crippen LogP contribution in [-0.2, 0) is 14.6 Å². The van der Waals surface area contributed by atoms with Gasteiger partial charge < -0.3 is 0 Å². The van der Waals surface area contributed by atoms with Crippen LogP contribution >= 0.6 is 0 Å². The van der Waals surface area contributed by atoms with Gasteiger partial charge in [-0.1, -0.05) is 36.4 Å². The Morgan fingerprint density at radius 2 is 2.10 bits per heavy atom. The molecule has 21 heavy (non-hydrogen) atoms. The van der Waals surface area contributed by atoms with E-state index in [1.807, 2.05) is 36.4 Å². The zero-order chi connectivity index (χ0) is 15.1. The van der Waals surface area contributed by atoms with E-state index in [1.165, 1.54) is 6.21 Å². The highest BCUT2D eigenvalue weighted by Crippen LogP contribution is 2.21. The third-order valence-electron chi connectivity index (χ3n) is 3.24.